The number of rotatable bonds is 12. The molecule has 39 heavy (non-hydrogen) atoms. The van der Waals surface area contributed by atoms with Gasteiger partial charge in [-0.15, -0.1) is 0 Å². The van der Waals surface area contributed by atoms with Crippen molar-refractivity contribution in [2.24, 2.45) is 5.73 Å². The van der Waals surface area contributed by atoms with Gasteiger partial charge in [-0.2, -0.15) is 0 Å². The molecule has 1 atom stereocenters. The van der Waals surface area contributed by atoms with E-state index in [0.29, 0.717) is 12.3 Å². The summed E-state index contributed by atoms with van der Waals surface area (Å²) in [6.45, 7) is 3.90. The zero-order chi connectivity index (χ0) is 27.7. The summed E-state index contributed by atoms with van der Waals surface area (Å²) >= 11 is 0. The Labute approximate surface area is 231 Å². The van der Waals surface area contributed by atoms with E-state index >= 15 is 0 Å². The van der Waals surface area contributed by atoms with Crippen LogP contribution in [0.25, 0.3) is 22.3 Å². The molecule has 0 unspecified atom stereocenters. The molecule has 1 amide bonds. The molecule has 202 valence electrons. The van der Waals surface area contributed by atoms with Crippen molar-refractivity contribution in [3.8, 4) is 28.0 Å². The van der Waals surface area contributed by atoms with Crippen molar-refractivity contribution in [2.75, 3.05) is 18.5 Å². The van der Waals surface area contributed by atoms with Crippen LogP contribution in [0.15, 0.2) is 97.1 Å². The van der Waals surface area contributed by atoms with E-state index in [9.17, 15) is 9.90 Å². The van der Waals surface area contributed by atoms with E-state index in [1.165, 1.54) is 42.0 Å². The first kappa shape index (κ1) is 28.1. The van der Waals surface area contributed by atoms with Crippen molar-refractivity contribution in [1.82, 2.24) is 0 Å². The molecule has 0 aliphatic rings. The molecule has 0 fully saturated rings. The van der Waals surface area contributed by atoms with Crippen LogP contribution in [-0.4, -0.2) is 29.8 Å². The van der Waals surface area contributed by atoms with E-state index < -0.39 is 18.1 Å². The molecule has 0 saturated heterocycles. The molecule has 5 nitrogen and oxygen atoms in total. The first-order chi connectivity index (χ1) is 18.9. The number of carbonyl (C=O) groups excluding carboxylic acids is 1. The number of nitrogens with two attached hydrogens (primary N) is 1. The Bertz CT molecular complexity index is 1330. The first-order valence-corrected chi connectivity index (χ1v) is 13.6. The van der Waals surface area contributed by atoms with Crippen LogP contribution in [0.4, 0.5) is 5.69 Å². The molecule has 4 rings (SSSR count). The van der Waals surface area contributed by atoms with Crippen molar-refractivity contribution in [2.45, 2.75) is 45.1 Å². The minimum atomic E-state index is -1.32. The summed E-state index contributed by atoms with van der Waals surface area (Å²) in [4.78, 5) is 12.1. The molecule has 0 aliphatic carbocycles. The minimum absolute atomic E-state index is 0.425. The van der Waals surface area contributed by atoms with Crippen LogP contribution < -0.4 is 15.8 Å². The number of benzene rings is 4. The maximum Gasteiger partial charge on any atom is 0.246 e. The highest BCUT2D eigenvalue weighted by atomic mass is 16.5. The predicted octanol–water partition coefficient (Wildman–Crippen LogP) is 6.63. The Hall–Kier alpha value is -3.93. The molecule has 4 aromatic rings. The maximum absolute atomic E-state index is 12.1. The molecule has 0 spiro atoms. The summed E-state index contributed by atoms with van der Waals surface area (Å²) in [6, 6.07) is 33.1. The molecule has 0 aromatic heterocycles. The molecular formula is C34H38N2O3. The Kier molecular flexibility index (Phi) is 9.53. The number of unbranched alkanes of at least 4 members (excludes halogenated alkanes) is 1. The van der Waals surface area contributed by atoms with Crippen LogP contribution in [0.2, 0.25) is 0 Å². The SMILES string of the molecule is CCCCc1ccc(-c2ccc(CCOc3ccc(-c4ccc(NC(=O)[C@@](C)(N)CO)cc4)cc3)cc2)cc1. The third-order valence-electron chi connectivity index (χ3n) is 6.90. The van der Waals surface area contributed by atoms with Gasteiger partial charge in [0.05, 0.1) is 13.2 Å². The lowest BCUT2D eigenvalue weighted by Crippen LogP contribution is -2.51. The second-order valence-corrected chi connectivity index (χ2v) is 10.2. The van der Waals surface area contributed by atoms with Crippen LogP contribution in [0, 0.1) is 0 Å². The largest absolute Gasteiger partial charge is 0.493 e. The van der Waals surface area contributed by atoms with Crippen LogP contribution >= 0.6 is 0 Å². The summed E-state index contributed by atoms with van der Waals surface area (Å²) in [5.41, 5.74) is 12.3. The molecule has 0 saturated carbocycles. The summed E-state index contributed by atoms with van der Waals surface area (Å²) < 4.78 is 5.99. The summed E-state index contributed by atoms with van der Waals surface area (Å²) in [5.74, 6) is 0.399. The number of hydrogen-bond acceptors (Lipinski definition) is 4. The highest BCUT2D eigenvalue weighted by molar-refractivity contribution is 5.97. The van der Waals surface area contributed by atoms with E-state index in [1.54, 1.807) is 0 Å². The smallest absolute Gasteiger partial charge is 0.246 e. The van der Waals surface area contributed by atoms with Crippen molar-refractivity contribution >= 4 is 11.6 Å². The average Bonchev–Trinajstić information content (AvgIpc) is 2.97. The molecule has 0 bridgehead atoms. The van der Waals surface area contributed by atoms with Gasteiger partial charge in [-0.05, 0) is 77.4 Å². The Balaban J connectivity index is 1.26. The van der Waals surface area contributed by atoms with Gasteiger partial charge in [0.25, 0.3) is 0 Å². The van der Waals surface area contributed by atoms with Gasteiger partial charge in [-0.25, -0.2) is 0 Å². The van der Waals surface area contributed by atoms with Gasteiger partial charge >= 0.3 is 0 Å². The van der Waals surface area contributed by atoms with Gasteiger partial charge in [0.1, 0.15) is 11.3 Å². The summed E-state index contributed by atoms with van der Waals surface area (Å²) in [5, 5.41) is 12.0. The normalized spacial score (nSPS) is 12.5. The molecule has 5 heteroatoms. The number of aryl methyl sites for hydroxylation is 1. The summed E-state index contributed by atoms with van der Waals surface area (Å²) in [6.07, 6.45) is 4.44. The van der Waals surface area contributed by atoms with Crippen molar-refractivity contribution in [3.05, 3.63) is 108 Å². The number of anilines is 1. The van der Waals surface area contributed by atoms with Crippen LogP contribution in [0.1, 0.15) is 37.8 Å². The van der Waals surface area contributed by atoms with Gasteiger partial charge in [0, 0.05) is 12.1 Å². The lowest BCUT2D eigenvalue weighted by Gasteiger charge is -2.20. The van der Waals surface area contributed by atoms with E-state index in [0.717, 1.165) is 29.7 Å². The third kappa shape index (κ3) is 7.79. The Morgan fingerprint density at radius 2 is 1.23 bits per heavy atom. The van der Waals surface area contributed by atoms with Crippen molar-refractivity contribution in [3.63, 3.8) is 0 Å². The van der Waals surface area contributed by atoms with Crippen molar-refractivity contribution in [1.29, 1.82) is 0 Å². The molecule has 0 aliphatic heterocycles. The molecule has 4 aromatic carbocycles. The van der Waals surface area contributed by atoms with E-state index in [4.69, 9.17) is 10.5 Å². The highest BCUT2D eigenvalue weighted by Crippen LogP contribution is 2.25. The van der Waals surface area contributed by atoms with Crippen LogP contribution in [0.3, 0.4) is 0 Å². The fraction of sp³-hybridized carbons (Fsp3) is 0.265. The molecular weight excluding hydrogens is 484 g/mol. The molecule has 0 radical (unpaired) electrons. The fourth-order valence-electron chi connectivity index (χ4n) is 4.23. The topological polar surface area (TPSA) is 84.6 Å². The van der Waals surface area contributed by atoms with Gasteiger partial charge in [0.2, 0.25) is 5.91 Å². The number of amides is 1. The van der Waals surface area contributed by atoms with Crippen LogP contribution in [0.5, 0.6) is 5.75 Å². The number of hydrogen-bond donors (Lipinski definition) is 3. The zero-order valence-corrected chi connectivity index (χ0v) is 22.8. The number of carbonyl (C=O) groups is 1. The Morgan fingerprint density at radius 1 is 0.769 bits per heavy atom. The maximum atomic E-state index is 12.1. The standard InChI is InChI=1S/C34H38N2O3/c1-3-4-5-25-6-10-27(11-7-25)28-12-8-26(9-13-28)22-23-39-32-20-16-30(17-21-32)29-14-18-31(19-15-29)36-33(38)34(2,35)24-37/h6-21,37H,3-5,22-24,35H2,1-2H3,(H,36,38)/t34-/m0/s1. The van der Waals surface area contributed by atoms with E-state index in [-0.39, 0.29) is 0 Å². The number of nitrogens with one attached hydrogen (secondary N) is 1. The number of ether oxygens (including phenoxy) is 1. The quantitative estimate of drug-likeness (QED) is 0.195. The van der Waals surface area contributed by atoms with E-state index in [1.807, 2.05) is 48.5 Å². The van der Waals surface area contributed by atoms with Gasteiger partial charge in [-0.3, -0.25) is 4.79 Å². The second kappa shape index (κ2) is 13.2. The number of aliphatic hydroxyl groups excluding tert-OH is 1. The predicted molar refractivity (Wildman–Crippen MR) is 160 cm³/mol. The highest BCUT2D eigenvalue weighted by Gasteiger charge is 2.27. The van der Waals surface area contributed by atoms with Crippen molar-refractivity contribution < 1.29 is 14.6 Å². The first-order valence-electron chi connectivity index (χ1n) is 13.6. The molecule has 4 N–H and O–H groups in total. The third-order valence-corrected chi connectivity index (χ3v) is 6.90. The van der Waals surface area contributed by atoms with Gasteiger partial charge in [-0.1, -0.05) is 86.1 Å². The summed E-state index contributed by atoms with van der Waals surface area (Å²) in [7, 11) is 0. The number of aliphatic hydroxyl groups is 1. The monoisotopic (exact) mass is 522 g/mol. The zero-order valence-electron chi connectivity index (χ0n) is 22.8. The lowest BCUT2D eigenvalue weighted by molar-refractivity contribution is -0.121. The molecule has 0 heterocycles. The van der Waals surface area contributed by atoms with Gasteiger partial charge in [0.15, 0.2) is 0 Å². The lowest BCUT2D eigenvalue weighted by atomic mass is 10.0. The minimum Gasteiger partial charge on any atom is -0.493 e. The fourth-order valence-corrected chi connectivity index (χ4v) is 4.23. The van der Waals surface area contributed by atoms with Gasteiger partial charge < -0.3 is 20.9 Å². The Morgan fingerprint density at radius 3 is 1.72 bits per heavy atom. The second-order valence-electron chi connectivity index (χ2n) is 10.2. The van der Waals surface area contributed by atoms with Crippen LogP contribution in [-0.2, 0) is 17.6 Å². The average molecular weight is 523 g/mol. The van der Waals surface area contributed by atoms with E-state index in [2.05, 4.69) is 60.8 Å².